The molecule has 0 aliphatic carbocycles. The van der Waals surface area contributed by atoms with Crippen LogP contribution in [-0.2, 0) is 11.2 Å². The maximum Gasteiger partial charge on any atom is 0.329 e. The summed E-state index contributed by atoms with van der Waals surface area (Å²) in [6.45, 7) is 4.23. The van der Waals surface area contributed by atoms with Crippen molar-refractivity contribution in [2.75, 3.05) is 0 Å². The molecule has 0 aliphatic heterocycles. The van der Waals surface area contributed by atoms with Gasteiger partial charge in [-0.15, -0.1) is 0 Å². The normalized spacial score (nSPS) is 11.9. The first kappa shape index (κ1) is 13.6. The monoisotopic (exact) mass is 249 g/mol. The predicted octanol–water partition coefficient (Wildman–Crippen LogP) is 2.91. The molecule has 0 saturated heterocycles. The summed E-state index contributed by atoms with van der Waals surface area (Å²) in [7, 11) is 0. The number of hydrogen-bond donors (Lipinski definition) is 1. The molecule has 1 aromatic carbocycles. The van der Waals surface area contributed by atoms with Crippen LogP contribution in [0.1, 0.15) is 30.9 Å². The zero-order valence-electron chi connectivity index (χ0n) is 9.88. The van der Waals surface area contributed by atoms with E-state index in [0.717, 1.165) is 5.56 Å². The zero-order valence-corrected chi connectivity index (χ0v) is 10.7. The number of rotatable bonds is 5. The Hall–Kier alpha value is -1.51. The third-order valence-electron chi connectivity index (χ3n) is 2.57. The molecule has 90 valence electrons. The average Bonchev–Trinajstić information content (AvgIpc) is 2.29. The van der Waals surface area contributed by atoms with Crippen LogP contribution in [0.4, 0.5) is 0 Å². The minimum Gasteiger partial charge on any atom is -0.480 e. The second-order valence-corrected chi connectivity index (χ2v) is 4.36. The van der Waals surface area contributed by atoms with Gasteiger partial charge in [0, 0.05) is 6.42 Å². The summed E-state index contributed by atoms with van der Waals surface area (Å²) in [5, 5.41) is 11.1. The maximum atomic E-state index is 10.9. The number of carbonyl (C=O) groups is 1. The van der Waals surface area contributed by atoms with Crippen molar-refractivity contribution in [2.45, 2.75) is 32.2 Å². The van der Waals surface area contributed by atoms with Crippen molar-refractivity contribution >= 4 is 23.3 Å². The van der Waals surface area contributed by atoms with Crippen LogP contribution < -0.4 is 0 Å². The zero-order chi connectivity index (χ0) is 12.8. The van der Waals surface area contributed by atoms with E-state index in [1.165, 1.54) is 5.56 Å². The van der Waals surface area contributed by atoms with Crippen molar-refractivity contribution in [3.8, 4) is 0 Å². The van der Waals surface area contributed by atoms with E-state index in [0.29, 0.717) is 12.3 Å². The molecule has 0 aromatic heterocycles. The van der Waals surface area contributed by atoms with Gasteiger partial charge in [-0.1, -0.05) is 38.1 Å². The Kier molecular flexibility index (Phi) is 5.01. The van der Waals surface area contributed by atoms with E-state index in [1.807, 2.05) is 24.3 Å². The highest BCUT2D eigenvalue weighted by atomic mass is 32.1. The molecule has 0 fully saturated rings. The van der Waals surface area contributed by atoms with Gasteiger partial charge in [0.2, 0.25) is 0 Å². The van der Waals surface area contributed by atoms with Gasteiger partial charge in [-0.05, 0) is 29.3 Å². The quantitative estimate of drug-likeness (QED) is 0.645. The van der Waals surface area contributed by atoms with Crippen molar-refractivity contribution in [2.24, 2.45) is 4.99 Å². The van der Waals surface area contributed by atoms with E-state index in [-0.39, 0.29) is 0 Å². The molecule has 1 N–H and O–H groups in total. The van der Waals surface area contributed by atoms with Gasteiger partial charge in [0.25, 0.3) is 0 Å². The number of thiocarbonyl (C=S) groups is 1. The lowest BCUT2D eigenvalue weighted by Crippen LogP contribution is -2.20. The van der Waals surface area contributed by atoms with Crippen molar-refractivity contribution < 1.29 is 9.90 Å². The number of isothiocyanates is 1. The lowest BCUT2D eigenvalue weighted by Gasteiger charge is -2.08. The van der Waals surface area contributed by atoms with E-state index in [4.69, 9.17) is 5.11 Å². The number of aliphatic carboxylic acids is 1. The number of hydrogen-bond acceptors (Lipinski definition) is 3. The third-order valence-corrected chi connectivity index (χ3v) is 2.67. The average molecular weight is 249 g/mol. The van der Waals surface area contributed by atoms with Gasteiger partial charge in [0.05, 0.1) is 5.16 Å². The summed E-state index contributed by atoms with van der Waals surface area (Å²) < 4.78 is 0. The Balaban J connectivity index is 2.80. The molecule has 0 amide bonds. The summed E-state index contributed by atoms with van der Waals surface area (Å²) in [6, 6.07) is 7.06. The highest BCUT2D eigenvalue weighted by molar-refractivity contribution is 7.78. The smallest absolute Gasteiger partial charge is 0.329 e. The first-order chi connectivity index (χ1) is 8.04. The molecule has 1 rings (SSSR count). The van der Waals surface area contributed by atoms with Gasteiger partial charge in [-0.2, -0.15) is 0 Å². The van der Waals surface area contributed by atoms with Gasteiger partial charge >= 0.3 is 5.97 Å². The number of benzene rings is 1. The Morgan fingerprint density at radius 3 is 2.41 bits per heavy atom. The van der Waals surface area contributed by atoms with Crippen LogP contribution in [0.5, 0.6) is 0 Å². The Labute approximate surface area is 106 Å². The molecule has 0 spiro atoms. The summed E-state index contributed by atoms with van der Waals surface area (Å²) in [5.74, 6) is -0.506. The third kappa shape index (κ3) is 4.10. The highest BCUT2D eigenvalue weighted by Crippen LogP contribution is 2.16. The summed E-state index contributed by atoms with van der Waals surface area (Å²) >= 11 is 4.44. The lowest BCUT2D eigenvalue weighted by atomic mass is 9.99. The van der Waals surface area contributed by atoms with Gasteiger partial charge in [0.1, 0.15) is 0 Å². The first-order valence-electron chi connectivity index (χ1n) is 5.43. The highest BCUT2D eigenvalue weighted by Gasteiger charge is 2.16. The van der Waals surface area contributed by atoms with Crippen molar-refractivity contribution in [1.82, 2.24) is 0 Å². The molecule has 1 aromatic rings. The van der Waals surface area contributed by atoms with Gasteiger partial charge in [-0.3, -0.25) is 0 Å². The van der Waals surface area contributed by atoms with Crippen LogP contribution in [0.3, 0.4) is 0 Å². The molecule has 0 aliphatic rings. The number of nitrogens with zero attached hydrogens (tertiary/aromatic N) is 1. The fraction of sp³-hybridized carbons (Fsp3) is 0.385. The Morgan fingerprint density at radius 2 is 2.00 bits per heavy atom. The van der Waals surface area contributed by atoms with Crippen LogP contribution in [0.25, 0.3) is 0 Å². The largest absolute Gasteiger partial charge is 0.480 e. The molecule has 0 heterocycles. The van der Waals surface area contributed by atoms with Crippen molar-refractivity contribution in [3.05, 3.63) is 35.4 Å². The molecular weight excluding hydrogens is 234 g/mol. The van der Waals surface area contributed by atoms with E-state index in [2.05, 4.69) is 36.2 Å². The summed E-state index contributed by atoms with van der Waals surface area (Å²) in [5.41, 5.74) is 2.18. The fourth-order valence-corrected chi connectivity index (χ4v) is 1.64. The minimum atomic E-state index is -0.977. The Bertz CT molecular complexity index is 431. The number of aliphatic imine (C=N–C) groups is 1. The van der Waals surface area contributed by atoms with Crippen molar-refractivity contribution in [1.29, 1.82) is 0 Å². The first-order valence-corrected chi connectivity index (χ1v) is 5.84. The van der Waals surface area contributed by atoms with Crippen LogP contribution in [0.15, 0.2) is 29.3 Å². The van der Waals surface area contributed by atoms with Gasteiger partial charge < -0.3 is 5.11 Å². The molecule has 17 heavy (non-hydrogen) atoms. The van der Waals surface area contributed by atoms with Gasteiger partial charge in [0.15, 0.2) is 6.04 Å². The number of carboxylic acid groups (broad SMARTS) is 1. The maximum absolute atomic E-state index is 10.9. The van der Waals surface area contributed by atoms with Crippen LogP contribution in [-0.4, -0.2) is 22.3 Å². The van der Waals surface area contributed by atoms with Crippen LogP contribution in [0.2, 0.25) is 0 Å². The Morgan fingerprint density at radius 1 is 1.41 bits per heavy atom. The van der Waals surface area contributed by atoms with E-state index < -0.39 is 12.0 Å². The standard InChI is InChI=1S/C13H15NO2S/c1-9(2)11-5-3-10(4-6-11)7-12(13(15)16)14-8-17/h3-6,9,12H,7H2,1-2H3,(H,15,16)/t12-/m0/s1. The molecule has 4 heteroatoms. The van der Waals surface area contributed by atoms with E-state index >= 15 is 0 Å². The van der Waals surface area contributed by atoms with Crippen LogP contribution in [0, 0.1) is 0 Å². The molecular formula is C13H15NO2S. The van der Waals surface area contributed by atoms with Crippen molar-refractivity contribution in [3.63, 3.8) is 0 Å². The fourth-order valence-electron chi connectivity index (χ4n) is 1.51. The molecule has 0 saturated carbocycles. The minimum absolute atomic E-state index is 0.345. The molecule has 1 atom stereocenters. The topological polar surface area (TPSA) is 49.7 Å². The van der Waals surface area contributed by atoms with Gasteiger partial charge in [-0.25, -0.2) is 9.79 Å². The lowest BCUT2D eigenvalue weighted by molar-refractivity contribution is -0.138. The summed E-state index contributed by atoms with van der Waals surface area (Å²) in [4.78, 5) is 14.5. The molecule has 0 radical (unpaired) electrons. The SMILES string of the molecule is CC(C)c1ccc(C[C@H](N=C=S)C(=O)O)cc1. The van der Waals surface area contributed by atoms with Crippen LogP contribution >= 0.6 is 12.2 Å². The van der Waals surface area contributed by atoms with E-state index in [9.17, 15) is 4.79 Å². The number of carboxylic acids is 1. The second-order valence-electron chi connectivity index (χ2n) is 4.17. The molecule has 3 nitrogen and oxygen atoms in total. The summed E-state index contributed by atoms with van der Waals surface area (Å²) in [6.07, 6.45) is 0.345. The second kappa shape index (κ2) is 6.28. The van der Waals surface area contributed by atoms with E-state index in [1.54, 1.807) is 0 Å². The predicted molar refractivity (Wildman–Crippen MR) is 70.7 cm³/mol. The molecule has 0 bridgehead atoms. The molecule has 0 unspecified atom stereocenters.